The van der Waals surface area contributed by atoms with E-state index in [-0.39, 0.29) is 11.7 Å². The third-order valence-corrected chi connectivity index (χ3v) is 5.45. The Hall–Kier alpha value is -3.00. The molecule has 1 aromatic carbocycles. The molecule has 0 spiro atoms. The number of anilines is 2. The van der Waals surface area contributed by atoms with E-state index in [0.29, 0.717) is 5.58 Å². The number of hydrogen-bond acceptors (Lipinski definition) is 6. The molecule has 158 valence electrons. The molecule has 0 saturated carbocycles. The number of hydrogen-bond donors (Lipinski definition) is 1. The van der Waals surface area contributed by atoms with Crippen molar-refractivity contribution in [2.24, 2.45) is 0 Å². The van der Waals surface area contributed by atoms with Crippen LogP contribution in [0.15, 0.2) is 34.9 Å². The monoisotopic (exact) mass is 411 g/mol. The summed E-state index contributed by atoms with van der Waals surface area (Å²) in [6.45, 7) is 8.04. The van der Waals surface area contributed by atoms with Crippen molar-refractivity contribution in [3.8, 4) is 0 Å². The van der Waals surface area contributed by atoms with Crippen molar-refractivity contribution in [1.82, 2.24) is 15.0 Å². The molecular weight excluding hydrogens is 385 g/mol. The van der Waals surface area contributed by atoms with E-state index < -0.39 is 0 Å². The molecule has 7 nitrogen and oxygen atoms in total. The van der Waals surface area contributed by atoms with Crippen molar-refractivity contribution in [1.29, 1.82) is 0 Å². The first-order chi connectivity index (χ1) is 14.5. The highest BCUT2D eigenvalue weighted by atomic mass is 19.1. The summed E-state index contributed by atoms with van der Waals surface area (Å²) in [5, 5.41) is 7.80. The smallest absolute Gasteiger partial charge is 0.221 e. The van der Waals surface area contributed by atoms with Crippen LogP contribution in [0.2, 0.25) is 0 Å². The molecule has 1 saturated heterocycles. The van der Waals surface area contributed by atoms with Crippen molar-refractivity contribution >= 4 is 28.4 Å². The summed E-state index contributed by atoms with van der Waals surface area (Å²) in [6.07, 6.45) is 1.93. The number of aryl methyl sites for hydroxylation is 2. The fourth-order valence-corrected chi connectivity index (χ4v) is 3.87. The number of benzene rings is 1. The van der Waals surface area contributed by atoms with Crippen LogP contribution in [0.5, 0.6) is 0 Å². The zero-order chi connectivity index (χ0) is 21.1. The summed E-state index contributed by atoms with van der Waals surface area (Å²) in [5.74, 6) is 0.394. The van der Waals surface area contributed by atoms with Gasteiger partial charge in [0.15, 0.2) is 11.4 Å². The van der Waals surface area contributed by atoms with Gasteiger partial charge in [0, 0.05) is 44.9 Å². The van der Waals surface area contributed by atoms with E-state index in [2.05, 4.69) is 25.3 Å². The number of piperazine rings is 1. The average Bonchev–Trinajstić information content (AvgIpc) is 3.13. The molecule has 3 heterocycles. The van der Waals surface area contributed by atoms with Gasteiger partial charge in [-0.05, 0) is 50.6 Å². The topological polar surface area (TPSA) is 74.5 Å². The first kappa shape index (κ1) is 20.3. The van der Waals surface area contributed by atoms with Gasteiger partial charge in [-0.15, -0.1) is 0 Å². The maximum Gasteiger partial charge on any atom is 0.221 e. The molecule has 30 heavy (non-hydrogen) atoms. The van der Waals surface area contributed by atoms with Crippen molar-refractivity contribution in [3.63, 3.8) is 0 Å². The van der Waals surface area contributed by atoms with E-state index in [9.17, 15) is 9.18 Å². The van der Waals surface area contributed by atoms with Crippen LogP contribution >= 0.6 is 0 Å². The fraction of sp³-hybridized carbons (Fsp3) is 0.409. The van der Waals surface area contributed by atoms with Crippen molar-refractivity contribution in [2.75, 3.05) is 42.9 Å². The van der Waals surface area contributed by atoms with Gasteiger partial charge < -0.3 is 14.7 Å². The van der Waals surface area contributed by atoms with E-state index in [0.717, 1.165) is 73.8 Å². The molecule has 3 aromatic rings. The predicted octanol–water partition coefficient (Wildman–Crippen LogP) is 3.38. The van der Waals surface area contributed by atoms with Crippen LogP contribution in [0.25, 0.3) is 11.0 Å². The maximum absolute atomic E-state index is 13.3. The Balaban J connectivity index is 1.26. The highest BCUT2D eigenvalue weighted by Gasteiger charge is 2.21. The normalized spacial score (nSPS) is 15.0. The Labute approximate surface area is 174 Å². The molecule has 1 amide bonds. The van der Waals surface area contributed by atoms with Crippen LogP contribution in [-0.2, 0) is 11.2 Å². The standard InChI is InChI=1S/C22H26FN5O2/c1-15-20(25-16(2)29)8-6-18(24-15)4-3-9-27-10-12-28(13-11-27)22-19-7-5-17(23)14-21(19)30-26-22/h5-8,14H,3-4,9-13H2,1-2H3,(H,25,29). The summed E-state index contributed by atoms with van der Waals surface area (Å²) in [6, 6.07) is 8.45. The Kier molecular flexibility index (Phi) is 5.94. The van der Waals surface area contributed by atoms with E-state index in [1.54, 1.807) is 6.07 Å². The lowest BCUT2D eigenvalue weighted by Crippen LogP contribution is -2.46. The number of rotatable bonds is 6. The zero-order valence-electron chi connectivity index (χ0n) is 17.3. The van der Waals surface area contributed by atoms with Gasteiger partial charge in [-0.1, -0.05) is 5.16 Å². The molecular formula is C22H26FN5O2. The van der Waals surface area contributed by atoms with Crippen molar-refractivity contribution in [2.45, 2.75) is 26.7 Å². The van der Waals surface area contributed by atoms with E-state index in [1.807, 2.05) is 19.1 Å². The second-order valence-corrected chi connectivity index (χ2v) is 7.70. The second-order valence-electron chi connectivity index (χ2n) is 7.70. The third-order valence-electron chi connectivity index (χ3n) is 5.45. The van der Waals surface area contributed by atoms with Gasteiger partial charge in [0.2, 0.25) is 5.91 Å². The number of carbonyl (C=O) groups excluding carboxylic acids is 1. The minimum Gasteiger partial charge on any atom is -0.354 e. The first-order valence-electron chi connectivity index (χ1n) is 10.3. The number of nitrogens with one attached hydrogen (secondary N) is 1. The molecule has 0 unspecified atom stereocenters. The molecule has 0 bridgehead atoms. The second kappa shape index (κ2) is 8.79. The number of aromatic nitrogens is 2. The van der Waals surface area contributed by atoms with E-state index in [1.165, 1.54) is 19.1 Å². The number of fused-ring (bicyclic) bond motifs is 1. The minimum atomic E-state index is -0.315. The molecule has 0 radical (unpaired) electrons. The summed E-state index contributed by atoms with van der Waals surface area (Å²) in [5.41, 5.74) is 3.14. The van der Waals surface area contributed by atoms with Gasteiger partial charge in [-0.2, -0.15) is 0 Å². The number of amides is 1. The SMILES string of the molecule is CC(=O)Nc1ccc(CCCN2CCN(c3noc4cc(F)ccc34)CC2)nc1C. The maximum atomic E-state index is 13.3. The van der Waals surface area contributed by atoms with Gasteiger partial charge in [0.25, 0.3) is 0 Å². The number of pyridine rings is 1. The average molecular weight is 411 g/mol. The van der Waals surface area contributed by atoms with Crippen LogP contribution in [0.4, 0.5) is 15.9 Å². The molecule has 1 aliphatic heterocycles. The number of nitrogens with zero attached hydrogens (tertiary/aromatic N) is 4. The molecule has 2 aromatic heterocycles. The molecule has 1 fully saturated rings. The van der Waals surface area contributed by atoms with Crippen LogP contribution in [0.3, 0.4) is 0 Å². The quantitative estimate of drug-likeness (QED) is 0.670. The molecule has 1 N–H and O–H groups in total. The summed E-state index contributed by atoms with van der Waals surface area (Å²) >= 11 is 0. The predicted molar refractivity (Wildman–Crippen MR) is 114 cm³/mol. The lowest BCUT2D eigenvalue weighted by atomic mass is 10.1. The molecule has 1 aliphatic rings. The number of halogens is 1. The van der Waals surface area contributed by atoms with Gasteiger partial charge >= 0.3 is 0 Å². The molecule has 8 heteroatoms. The largest absolute Gasteiger partial charge is 0.354 e. The van der Waals surface area contributed by atoms with Crippen molar-refractivity contribution in [3.05, 3.63) is 47.5 Å². The van der Waals surface area contributed by atoms with Gasteiger partial charge in [0.1, 0.15) is 5.82 Å². The van der Waals surface area contributed by atoms with Crippen LogP contribution in [0.1, 0.15) is 24.7 Å². The highest BCUT2D eigenvalue weighted by Crippen LogP contribution is 2.27. The minimum absolute atomic E-state index is 0.0856. The lowest BCUT2D eigenvalue weighted by molar-refractivity contribution is -0.114. The first-order valence-corrected chi connectivity index (χ1v) is 10.3. The van der Waals surface area contributed by atoms with E-state index >= 15 is 0 Å². The summed E-state index contributed by atoms with van der Waals surface area (Å²) < 4.78 is 18.6. The Morgan fingerprint density at radius 1 is 1.20 bits per heavy atom. The van der Waals surface area contributed by atoms with Crippen LogP contribution < -0.4 is 10.2 Å². The Bertz CT molecular complexity index is 1040. The van der Waals surface area contributed by atoms with Crippen LogP contribution in [-0.4, -0.2) is 53.7 Å². The van der Waals surface area contributed by atoms with Gasteiger partial charge in [-0.25, -0.2) is 4.39 Å². The Morgan fingerprint density at radius 3 is 2.73 bits per heavy atom. The lowest BCUT2D eigenvalue weighted by Gasteiger charge is -2.34. The highest BCUT2D eigenvalue weighted by molar-refractivity contribution is 5.89. The Morgan fingerprint density at radius 2 is 2.00 bits per heavy atom. The summed E-state index contributed by atoms with van der Waals surface area (Å²) in [4.78, 5) is 20.4. The van der Waals surface area contributed by atoms with Gasteiger partial charge in [0.05, 0.1) is 16.8 Å². The van der Waals surface area contributed by atoms with E-state index in [4.69, 9.17) is 4.52 Å². The zero-order valence-corrected chi connectivity index (χ0v) is 17.3. The molecule has 0 atom stereocenters. The van der Waals surface area contributed by atoms with Gasteiger partial charge in [-0.3, -0.25) is 14.7 Å². The molecule has 0 aliphatic carbocycles. The molecule has 4 rings (SSSR count). The third kappa shape index (κ3) is 4.59. The summed E-state index contributed by atoms with van der Waals surface area (Å²) in [7, 11) is 0. The van der Waals surface area contributed by atoms with Crippen molar-refractivity contribution < 1.29 is 13.7 Å². The van der Waals surface area contributed by atoms with Crippen LogP contribution in [0, 0.1) is 12.7 Å². The fourth-order valence-electron chi connectivity index (χ4n) is 3.87. The number of carbonyl (C=O) groups is 1.